The predicted octanol–water partition coefficient (Wildman–Crippen LogP) is 5.02. The lowest BCUT2D eigenvalue weighted by molar-refractivity contribution is -0.154. The zero-order chi connectivity index (χ0) is 22.8. The molecule has 12 heteroatoms. The summed E-state index contributed by atoms with van der Waals surface area (Å²) in [5, 5.41) is 2.12. The molecule has 2 atom stereocenters. The van der Waals surface area contributed by atoms with Gasteiger partial charge in [0, 0.05) is 0 Å². The number of hydrogen-bond donors (Lipinski definition) is 1. The van der Waals surface area contributed by atoms with Gasteiger partial charge in [0.05, 0.1) is 0 Å². The number of hydrogen-bond acceptors (Lipinski definition) is 5. The fourth-order valence-corrected chi connectivity index (χ4v) is 4.04. The highest BCUT2D eigenvalue weighted by molar-refractivity contribution is 7.52. The van der Waals surface area contributed by atoms with E-state index < -0.39 is 54.6 Å². The first-order chi connectivity index (χ1) is 14.6. The number of rotatable bonds is 8. The molecule has 1 fully saturated rings. The topological polar surface area (TPSA) is 73.9 Å². The van der Waals surface area contributed by atoms with Gasteiger partial charge in [-0.1, -0.05) is 18.2 Å². The van der Waals surface area contributed by atoms with Crippen LogP contribution in [0.15, 0.2) is 30.3 Å². The molecule has 31 heavy (non-hydrogen) atoms. The highest BCUT2D eigenvalue weighted by Crippen LogP contribution is 2.47. The van der Waals surface area contributed by atoms with Crippen LogP contribution < -0.4 is 14.1 Å². The van der Waals surface area contributed by atoms with Crippen LogP contribution in [0.1, 0.15) is 26.2 Å². The first-order valence-corrected chi connectivity index (χ1v) is 10.7. The molecule has 1 unspecified atom stereocenters. The molecule has 6 nitrogen and oxygen atoms in total. The molecule has 1 N–H and O–H groups in total. The maximum atomic E-state index is 14.1. The van der Waals surface area contributed by atoms with Gasteiger partial charge in [-0.05, 0) is 38.3 Å². The molecule has 168 valence electrons. The quantitative estimate of drug-likeness (QED) is 0.194. The lowest BCUT2D eigenvalue weighted by Gasteiger charge is -2.28. The fraction of sp³-hybridized carbons (Fsp3) is 0.316. The highest BCUT2D eigenvalue weighted by atomic mass is 31.2. The third kappa shape index (κ3) is 5.16. The molecule has 0 aromatic heterocycles. The predicted molar refractivity (Wildman–Crippen MR) is 97.9 cm³/mol. The second-order valence-electron chi connectivity index (χ2n) is 6.73. The van der Waals surface area contributed by atoms with E-state index in [9.17, 15) is 31.3 Å². The van der Waals surface area contributed by atoms with Crippen LogP contribution in [-0.4, -0.2) is 18.1 Å². The van der Waals surface area contributed by atoms with E-state index in [-0.39, 0.29) is 11.9 Å². The summed E-state index contributed by atoms with van der Waals surface area (Å²) in [6, 6.07) is 5.74. The number of para-hydroxylation sites is 1. The standard InChI is InChI=1S/C19H17F5NO5P/c1-10(19(26)28-11-8-5-9-11)25-31(27,29-12-6-3-2-4-7-12)30-18-16(23)14(21)13(20)15(22)17(18)24/h2-4,6-7,10-11H,5,8-9H2,1H3,(H,25,27)/t10?,31-/m1/s1. The van der Waals surface area contributed by atoms with Crippen LogP contribution in [0, 0.1) is 29.1 Å². The molecule has 0 spiro atoms. The summed E-state index contributed by atoms with van der Waals surface area (Å²) in [6.45, 7) is 1.21. The molecule has 0 aliphatic heterocycles. The molecule has 0 radical (unpaired) electrons. The third-order valence-electron chi connectivity index (χ3n) is 4.39. The lowest BCUT2D eigenvalue weighted by Crippen LogP contribution is -2.39. The van der Waals surface area contributed by atoms with Gasteiger partial charge in [-0.25, -0.2) is 17.7 Å². The second-order valence-corrected chi connectivity index (χ2v) is 8.35. The smallest absolute Gasteiger partial charge is 0.461 e. The van der Waals surface area contributed by atoms with Crippen molar-refractivity contribution in [3.8, 4) is 11.5 Å². The molecule has 1 aliphatic carbocycles. The zero-order valence-electron chi connectivity index (χ0n) is 16.0. The van der Waals surface area contributed by atoms with Gasteiger partial charge in [0.2, 0.25) is 34.8 Å². The normalized spacial score (nSPS) is 16.7. The monoisotopic (exact) mass is 465 g/mol. The number of carbonyl (C=O) groups excluding carboxylic acids is 1. The van der Waals surface area contributed by atoms with E-state index in [0.717, 1.165) is 6.42 Å². The van der Waals surface area contributed by atoms with E-state index in [4.69, 9.17) is 9.26 Å². The van der Waals surface area contributed by atoms with Gasteiger partial charge in [-0.2, -0.15) is 13.9 Å². The molecule has 0 amide bonds. The summed E-state index contributed by atoms with van der Waals surface area (Å²) in [6.07, 6.45) is 1.86. The van der Waals surface area contributed by atoms with Crippen molar-refractivity contribution in [2.75, 3.05) is 0 Å². The van der Waals surface area contributed by atoms with Gasteiger partial charge < -0.3 is 13.8 Å². The molecule has 1 aliphatic rings. The molecular weight excluding hydrogens is 448 g/mol. The minimum Gasteiger partial charge on any atom is -0.461 e. The van der Waals surface area contributed by atoms with Gasteiger partial charge in [-0.15, -0.1) is 0 Å². The molecule has 0 bridgehead atoms. The summed E-state index contributed by atoms with van der Waals surface area (Å²) in [5.74, 6) is -14.5. The molecule has 0 heterocycles. The van der Waals surface area contributed by atoms with Crippen molar-refractivity contribution in [3.63, 3.8) is 0 Å². The van der Waals surface area contributed by atoms with Crippen molar-refractivity contribution in [1.82, 2.24) is 5.09 Å². The minimum atomic E-state index is -4.90. The van der Waals surface area contributed by atoms with Crippen LogP contribution in [0.5, 0.6) is 11.5 Å². The molecule has 2 aromatic rings. The van der Waals surface area contributed by atoms with E-state index >= 15 is 0 Å². The van der Waals surface area contributed by atoms with Gasteiger partial charge >= 0.3 is 13.7 Å². The Morgan fingerprint density at radius 1 is 0.968 bits per heavy atom. The number of halogens is 5. The Balaban J connectivity index is 1.91. The summed E-state index contributed by atoms with van der Waals surface area (Å²) in [4.78, 5) is 12.2. The Morgan fingerprint density at radius 3 is 2.03 bits per heavy atom. The molecule has 1 saturated carbocycles. The zero-order valence-corrected chi connectivity index (χ0v) is 16.9. The number of nitrogens with one attached hydrogen (secondary N) is 1. The summed E-state index contributed by atoms with van der Waals surface area (Å²) in [7, 11) is -4.90. The second kappa shape index (κ2) is 9.23. The maximum absolute atomic E-state index is 14.1. The Hall–Kier alpha value is -2.65. The number of carbonyl (C=O) groups is 1. The Morgan fingerprint density at radius 2 is 1.52 bits per heavy atom. The molecule has 3 rings (SSSR count). The van der Waals surface area contributed by atoms with E-state index in [0.29, 0.717) is 12.8 Å². The lowest BCUT2D eigenvalue weighted by atomic mass is 9.96. The summed E-state index contributed by atoms with van der Waals surface area (Å²) in [5.41, 5.74) is 0. The number of ether oxygens (including phenoxy) is 1. The third-order valence-corrected chi connectivity index (χ3v) is 5.97. The van der Waals surface area contributed by atoms with Crippen molar-refractivity contribution in [2.45, 2.75) is 38.3 Å². The van der Waals surface area contributed by atoms with Crippen molar-refractivity contribution in [3.05, 3.63) is 59.4 Å². The average Bonchev–Trinajstić information content (AvgIpc) is 2.71. The first-order valence-electron chi connectivity index (χ1n) is 9.15. The van der Waals surface area contributed by atoms with Crippen LogP contribution in [0.25, 0.3) is 0 Å². The van der Waals surface area contributed by atoms with Crippen molar-refractivity contribution in [2.24, 2.45) is 0 Å². The maximum Gasteiger partial charge on any atom is 0.513 e. The van der Waals surface area contributed by atoms with Crippen LogP contribution in [0.3, 0.4) is 0 Å². The molecule has 2 aromatic carbocycles. The minimum absolute atomic E-state index is 0.123. The van der Waals surface area contributed by atoms with Crippen LogP contribution >= 0.6 is 7.75 Å². The molecule has 0 saturated heterocycles. The summed E-state index contributed by atoms with van der Waals surface area (Å²) < 4.78 is 96.6. The van der Waals surface area contributed by atoms with Crippen LogP contribution in [0.2, 0.25) is 0 Å². The van der Waals surface area contributed by atoms with Crippen LogP contribution in [-0.2, 0) is 14.1 Å². The fourth-order valence-electron chi connectivity index (χ4n) is 2.52. The Labute approximate surface area is 173 Å². The van der Waals surface area contributed by atoms with Gasteiger partial charge in [0.15, 0.2) is 0 Å². The van der Waals surface area contributed by atoms with Gasteiger partial charge in [0.1, 0.15) is 17.9 Å². The van der Waals surface area contributed by atoms with E-state index in [2.05, 4.69) is 9.61 Å². The van der Waals surface area contributed by atoms with Gasteiger partial charge in [0.25, 0.3) is 0 Å². The number of esters is 1. The van der Waals surface area contributed by atoms with E-state index in [1.165, 1.54) is 31.2 Å². The van der Waals surface area contributed by atoms with Gasteiger partial charge in [-0.3, -0.25) is 4.79 Å². The average molecular weight is 465 g/mol. The number of benzene rings is 2. The SMILES string of the molecule is CC(N[P@@](=O)(Oc1ccccc1)Oc1c(F)c(F)c(F)c(F)c1F)C(=O)OC1CCC1. The van der Waals surface area contributed by atoms with Crippen molar-refractivity contribution < 1.29 is 45.1 Å². The van der Waals surface area contributed by atoms with E-state index in [1.54, 1.807) is 6.07 Å². The Bertz CT molecular complexity index is 989. The summed E-state index contributed by atoms with van der Waals surface area (Å²) >= 11 is 0. The van der Waals surface area contributed by atoms with Crippen molar-refractivity contribution >= 4 is 13.7 Å². The largest absolute Gasteiger partial charge is 0.513 e. The van der Waals surface area contributed by atoms with Crippen LogP contribution in [0.4, 0.5) is 22.0 Å². The Kier molecular flexibility index (Phi) is 6.86. The van der Waals surface area contributed by atoms with Crippen molar-refractivity contribution in [1.29, 1.82) is 0 Å². The highest BCUT2D eigenvalue weighted by Gasteiger charge is 2.39. The molecular formula is C19H17F5NO5P. The van der Waals surface area contributed by atoms with E-state index in [1.807, 2.05) is 0 Å². The first kappa shape index (κ1) is 23.0.